The van der Waals surface area contributed by atoms with E-state index in [0.29, 0.717) is 16.8 Å². The van der Waals surface area contributed by atoms with Crippen LogP contribution in [-0.4, -0.2) is 8.42 Å². The van der Waals surface area contributed by atoms with Crippen LogP contribution in [0.25, 0.3) is 10.8 Å². The molecule has 2 aromatic carbocycles. The van der Waals surface area contributed by atoms with Crippen LogP contribution in [0, 0.1) is 0 Å². The van der Waals surface area contributed by atoms with Gasteiger partial charge in [-0.2, -0.15) is 0 Å². The second-order valence-electron chi connectivity index (χ2n) is 4.32. The summed E-state index contributed by atoms with van der Waals surface area (Å²) in [7, 11) is -3.65. The Bertz CT molecular complexity index is 855. The normalized spacial score (nSPS) is 11.6. The Hall–Kier alpha value is -2.47. The summed E-state index contributed by atoms with van der Waals surface area (Å²) in [4.78, 5) is 0.187. The van der Waals surface area contributed by atoms with Gasteiger partial charge in [-0.25, -0.2) is 8.42 Å². The third-order valence-corrected chi connectivity index (χ3v) is 4.38. The molecule has 6 heteroatoms. The number of fused-ring (bicyclic) bond motifs is 1. The van der Waals surface area contributed by atoms with Gasteiger partial charge in [0.1, 0.15) is 6.26 Å². The number of rotatable bonds is 3. The Labute approximate surface area is 116 Å². The van der Waals surface area contributed by atoms with Crippen molar-refractivity contribution in [1.29, 1.82) is 0 Å². The number of anilines is 2. The molecular formula is C14H12N2O3S. The van der Waals surface area contributed by atoms with Gasteiger partial charge in [0.05, 0.1) is 22.5 Å². The molecule has 0 atom stereocenters. The maximum absolute atomic E-state index is 12.2. The van der Waals surface area contributed by atoms with Crippen molar-refractivity contribution in [1.82, 2.24) is 0 Å². The zero-order valence-electron chi connectivity index (χ0n) is 10.4. The average molecular weight is 288 g/mol. The second kappa shape index (κ2) is 4.57. The quantitative estimate of drug-likeness (QED) is 0.726. The summed E-state index contributed by atoms with van der Waals surface area (Å²) < 4.78 is 32.0. The summed E-state index contributed by atoms with van der Waals surface area (Å²) in [5, 5.41) is 1.50. The molecule has 102 valence electrons. The Kier molecular flexibility index (Phi) is 2.87. The Balaban J connectivity index is 2.03. The van der Waals surface area contributed by atoms with Crippen molar-refractivity contribution in [3.8, 4) is 0 Å². The van der Waals surface area contributed by atoms with Crippen molar-refractivity contribution in [2.45, 2.75) is 4.90 Å². The lowest BCUT2D eigenvalue weighted by atomic mass is 10.2. The minimum Gasteiger partial charge on any atom is -0.471 e. The second-order valence-corrected chi connectivity index (χ2v) is 6.00. The largest absolute Gasteiger partial charge is 0.471 e. The van der Waals surface area contributed by atoms with Gasteiger partial charge in [-0.1, -0.05) is 18.2 Å². The third-order valence-electron chi connectivity index (χ3n) is 3.00. The van der Waals surface area contributed by atoms with Gasteiger partial charge in [0, 0.05) is 10.8 Å². The smallest absolute Gasteiger partial charge is 0.261 e. The average Bonchev–Trinajstić information content (AvgIpc) is 2.92. The molecule has 0 bridgehead atoms. The zero-order valence-corrected chi connectivity index (χ0v) is 11.2. The number of nitrogens with one attached hydrogen (secondary N) is 1. The van der Waals surface area contributed by atoms with Crippen LogP contribution in [0.1, 0.15) is 0 Å². The molecule has 0 spiro atoms. The molecule has 0 saturated heterocycles. The number of benzene rings is 2. The molecule has 0 radical (unpaired) electrons. The fourth-order valence-electron chi connectivity index (χ4n) is 1.96. The molecule has 1 heterocycles. The van der Waals surface area contributed by atoms with Crippen molar-refractivity contribution >= 4 is 32.2 Å². The number of hydrogen-bond donors (Lipinski definition) is 2. The minimum absolute atomic E-state index is 0.187. The maximum Gasteiger partial charge on any atom is 0.261 e. The molecule has 0 aliphatic rings. The Morgan fingerprint density at radius 3 is 2.50 bits per heavy atom. The van der Waals surface area contributed by atoms with E-state index in [9.17, 15) is 8.42 Å². The van der Waals surface area contributed by atoms with Crippen LogP contribution in [-0.2, 0) is 10.0 Å². The predicted molar refractivity (Wildman–Crippen MR) is 77.9 cm³/mol. The van der Waals surface area contributed by atoms with Crippen molar-refractivity contribution in [3.63, 3.8) is 0 Å². The molecule has 3 aromatic rings. The van der Waals surface area contributed by atoms with E-state index in [0.717, 1.165) is 5.39 Å². The summed E-state index contributed by atoms with van der Waals surface area (Å²) in [6.07, 6.45) is 3.05. The van der Waals surface area contributed by atoms with Gasteiger partial charge >= 0.3 is 0 Å². The number of sulfonamides is 1. The lowest BCUT2D eigenvalue weighted by molar-refractivity contribution is 0.572. The first-order chi connectivity index (χ1) is 9.58. The minimum atomic E-state index is -3.65. The van der Waals surface area contributed by atoms with E-state index in [2.05, 4.69) is 4.72 Å². The molecular weight excluding hydrogens is 276 g/mol. The molecule has 0 unspecified atom stereocenters. The van der Waals surface area contributed by atoms with Gasteiger partial charge < -0.3 is 10.2 Å². The van der Waals surface area contributed by atoms with Gasteiger partial charge in [-0.15, -0.1) is 0 Å². The van der Waals surface area contributed by atoms with Crippen LogP contribution in [0.3, 0.4) is 0 Å². The third kappa shape index (κ3) is 2.10. The number of nitrogen functional groups attached to an aromatic ring is 1. The first kappa shape index (κ1) is 12.6. The van der Waals surface area contributed by atoms with E-state index in [1.54, 1.807) is 36.6 Å². The summed E-state index contributed by atoms with van der Waals surface area (Å²) in [6, 6.07) is 11.5. The van der Waals surface area contributed by atoms with Gasteiger partial charge in [0.25, 0.3) is 10.0 Å². The topological polar surface area (TPSA) is 85.3 Å². The monoisotopic (exact) mass is 288 g/mol. The van der Waals surface area contributed by atoms with Crippen LogP contribution in [0.2, 0.25) is 0 Å². The van der Waals surface area contributed by atoms with Crippen molar-refractivity contribution in [3.05, 3.63) is 55.0 Å². The lowest BCUT2D eigenvalue weighted by Crippen LogP contribution is -2.14. The lowest BCUT2D eigenvalue weighted by Gasteiger charge is -2.10. The molecule has 20 heavy (non-hydrogen) atoms. The molecule has 3 rings (SSSR count). The fourth-order valence-corrected chi connectivity index (χ4v) is 3.06. The number of nitrogens with two attached hydrogens (primary N) is 1. The van der Waals surface area contributed by atoms with E-state index >= 15 is 0 Å². The zero-order chi connectivity index (χ0) is 14.2. The summed E-state index contributed by atoms with van der Waals surface area (Å²) in [6.45, 7) is 0. The molecule has 1 aromatic heterocycles. The van der Waals surface area contributed by atoms with Crippen molar-refractivity contribution < 1.29 is 12.8 Å². The highest BCUT2D eigenvalue weighted by Gasteiger charge is 2.16. The molecule has 0 aliphatic heterocycles. The first-order valence-electron chi connectivity index (χ1n) is 5.90. The fraction of sp³-hybridized carbons (Fsp3) is 0. The van der Waals surface area contributed by atoms with Crippen LogP contribution >= 0.6 is 0 Å². The van der Waals surface area contributed by atoms with E-state index in [1.165, 1.54) is 18.4 Å². The first-order valence-corrected chi connectivity index (χ1v) is 7.38. The van der Waals surface area contributed by atoms with Crippen LogP contribution in [0.15, 0.2) is 64.3 Å². The Morgan fingerprint density at radius 1 is 1.00 bits per heavy atom. The number of furan rings is 1. The van der Waals surface area contributed by atoms with E-state index in [1.807, 2.05) is 0 Å². The summed E-state index contributed by atoms with van der Waals surface area (Å²) in [5.41, 5.74) is 6.64. The molecule has 0 fully saturated rings. The van der Waals surface area contributed by atoms with Gasteiger partial charge in [-0.05, 0) is 24.3 Å². The van der Waals surface area contributed by atoms with Crippen molar-refractivity contribution in [2.75, 3.05) is 10.5 Å². The highest BCUT2D eigenvalue weighted by atomic mass is 32.2. The number of hydrogen-bond acceptors (Lipinski definition) is 4. The van der Waals surface area contributed by atoms with Crippen LogP contribution < -0.4 is 10.5 Å². The van der Waals surface area contributed by atoms with Gasteiger partial charge in [0.15, 0.2) is 0 Å². The SMILES string of the molecule is Nc1c(NS(=O)(=O)c2ccccc2)ccc2cocc12. The highest BCUT2D eigenvalue weighted by molar-refractivity contribution is 7.92. The summed E-state index contributed by atoms with van der Waals surface area (Å²) in [5.74, 6) is 0. The molecule has 5 nitrogen and oxygen atoms in total. The molecule has 0 amide bonds. The van der Waals surface area contributed by atoms with Crippen LogP contribution in [0.5, 0.6) is 0 Å². The highest BCUT2D eigenvalue weighted by Crippen LogP contribution is 2.30. The van der Waals surface area contributed by atoms with Crippen molar-refractivity contribution in [2.24, 2.45) is 0 Å². The Morgan fingerprint density at radius 2 is 1.75 bits per heavy atom. The van der Waals surface area contributed by atoms with Crippen LogP contribution in [0.4, 0.5) is 11.4 Å². The molecule has 0 saturated carbocycles. The van der Waals surface area contributed by atoms with E-state index in [4.69, 9.17) is 10.2 Å². The molecule has 3 N–H and O–H groups in total. The standard InChI is InChI=1S/C14H12N2O3S/c15-14-12-9-19-8-10(12)6-7-13(14)16-20(17,18)11-4-2-1-3-5-11/h1-9,16H,15H2. The van der Waals surface area contributed by atoms with Gasteiger partial charge in [0.2, 0.25) is 0 Å². The van der Waals surface area contributed by atoms with E-state index < -0.39 is 10.0 Å². The summed E-state index contributed by atoms with van der Waals surface area (Å²) >= 11 is 0. The maximum atomic E-state index is 12.2. The molecule has 0 aliphatic carbocycles. The van der Waals surface area contributed by atoms with E-state index in [-0.39, 0.29) is 4.90 Å². The van der Waals surface area contributed by atoms with Gasteiger partial charge in [-0.3, -0.25) is 4.72 Å². The predicted octanol–water partition coefficient (Wildman–Crippen LogP) is 2.82.